The zero-order valence-electron chi connectivity index (χ0n) is 12.5. The number of aliphatic imine (C=N–C) groups is 1. The lowest BCUT2D eigenvalue weighted by molar-refractivity contribution is 0.159. The maximum absolute atomic E-state index is 14.5. The number of rotatable bonds is 1. The monoisotopic (exact) mass is 330 g/mol. The Morgan fingerprint density at radius 1 is 1.35 bits per heavy atom. The minimum absolute atomic E-state index is 0.206. The summed E-state index contributed by atoms with van der Waals surface area (Å²) in [7, 11) is 0. The standard InChI is InChI=1S/C16H15FN4OS/c1-16-10(7-23-15(18)21-16)6-22-14-3-13(17)11(2-12(14)16)9-4-19-8-20-5-9/h2-5,8,10H,6-7H2,1H3,(H2,18,21). The molecule has 0 saturated carbocycles. The third-order valence-electron chi connectivity index (χ3n) is 4.50. The first-order chi connectivity index (χ1) is 11.1. The van der Waals surface area contributed by atoms with Crippen LogP contribution >= 0.6 is 11.8 Å². The first kappa shape index (κ1) is 14.4. The molecule has 3 heterocycles. The number of hydrogen-bond acceptors (Lipinski definition) is 6. The van der Waals surface area contributed by atoms with E-state index in [2.05, 4.69) is 15.0 Å². The Kier molecular flexibility index (Phi) is 3.26. The van der Waals surface area contributed by atoms with Gasteiger partial charge in [0, 0.05) is 46.8 Å². The summed E-state index contributed by atoms with van der Waals surface area (Å²) in [5.41, 5.74) is 7.37. The highest BCUT2D eigenvalue weighted by Crippen LogP contribution is 2.48. The molecule has 7 heteroatoms. The van der Waals surface area contributed by atoms with Crippen LogP contribution in [0.4, 0.5) is 4.39 Å². The highest BCUT2D eigenvalue weighted by Gasteiger charge is 2.44. The Bertz CT molecular complexity index is 798. The number of fused-ring (bicyclic) bond motifs is 3. The molecule has 0 radical (unpaired) electrons. The zero-order chi connectivity index (χ0) is 16.0. The van der Waals surface area contributed by atoms with Crippen molar-refractivity contribution in [3.8, 4) is 16.9 Å². The van der Waals surface area contributed by atoms with Crippen molar-refractivity contribution in [3.63, 3.8) is 0 Å². The molecule has 0 saturated heterocycles. The first-order valence-corrected chi connectivity index (χ1v) is 8.27. The molecule has 23 heavy (non-hydrogen) atoms. The van der Waals surface area contributed by atoms with Gasteiger partial charge in [-0.25, -0.2) is 14.4 Å². The summed E-state index contributed by atoms with van der Waals surface area (Å²) < 4.78 is 20.3. The second kappa shape index (κ2) is 5.19. The third kappa shape index (κ3) is 2.26. The molecule has 1 aromatic carbocycles. The van der Waals surface area contributed by atoms with Gasteiger partial charge < -0.3 is 10.5 Å². The van der Waals surface area contributed by atoms with Gasteiger partial charge in [0.05, 0.1) is 12.1 Å². The molecule has 0 spiro atoms. The summed E-state index contributed by atoms with van der Waals surface area (Å²) in [5, 5.41) is 0.561. The van der Waals surface area contributed by atoms with Crippen LogP contribution in [0.5, 0.6) is 5.75 Å². The maximum Gasteiger partial charge on any atom is 0.154 e. The molecule has 2 aliphatic rings. The van der Waals surface area contributed by atoms with Crippen LogP contribution in [-0.2, 0) is 5.54 Å². The van der Waals surface area contributed by atoms with Crippen molar-refractivity contribution in [2.45, 2.75) is 12.5 Å². The van der Waals surface area contributed by atoms with Gasteiger partial charge in [-0.15, -0.1) is 0 Å². The highest BCUT2D eigenvalue weighted by atomic mass is 32.2. The molecule has 2 N–H and O–H groups in total. The summed E-state index contributed by atoms with van der Waals surface area (Å²) in [4.78, 5) is 12.6. The van der Waals surface area contributed by atoms with E-state index in [4.69, 9.17) is 10.5 Å². The van der Waals surface area contributed by atoms with Gasteiger partial charge in [0.2, 0.25) is 0 Å². The lowest BCUT2D eigenvalue weighted by atomic mass is 9.78. The van der Waals surface area contributed by atoms with E-state index in [-0.39, 0.29) is 11.7 Å². The van der Waals surface area contributed by atoms with Gasteiger partial charge in [0.25, 0.3) is 0 Å². The molecular formula is C16H15FN4OS. The topological polar surface area (TPSA) is 73.4 Å². The van der Waals surface area contributed by atoms with E-state index in [1.54, 1.807) is 18.5 Å². The van der Waals surface area contributed by atoms with Crippen LogP contribution in [0.3, 0.4) is 0 Å². The normalized spacial score (nSPS) is 25.8. The van der Waals surface area contributed by atoms with Crippen LogP contribution in [0, 0.1) is 11.7 Å². The van der Waals surface area contributed by atoms with E-state index in [0.29, 0.717) is 28.7 Å². The lowest BCUT2D eigenvalue weighted by Gasteiger charge is -2.42. The van der Waals surface area contributed by atoms with Gasteiger partial charge in [-0.2, -0.15) is 0 Å². The van der Waals surface area contributed by atoms with Crippen LogP contribution in [0.1, 0.15) is 12.5 Å². The Balaban J connectivity index is 1.91. The van der Waals surface area contributed by atoms with E-state index in [1.165, 1.54) is 24.2 Å². The predicted molar refractivity (Wildman–Crippen MR) is 87.8 cm³/mol. The molecule has 0 aliphatic carbocycles. The van der Waals surface area contributed by atoms with Crippen molar-refractivity contribution in [1.29, 1.82) is 0 Å². The number of halogens is 1. The van der Waals surface area contributed by atoms with Gasteiger partial charge in [0.15, 0.2) is 5.17 Å². The fourth-order valence-electron chi connectivity index (χ4n) is 3.11. The Hall–Kier alpha value is -2.15. The van der Waals surface area contributed by atoms with Crippen molar-refractivity contribution in [3.05, 3.63) is 42.2 Å². The van der Waals surface area contributed by atoms with Gasteiger partial charge in [-0.05, 0) is 13.0 Å². The van der Waals surface area contributed by atoms with E-state index in [9.17, 15) is 4.39 Å². The van der Waals surface area contributed by atoms with Crippen LogP contribution in [0.25, 0.3) is 11.1 Å². The molecule has 2 atom stereocenters. The number of aromatic nitrogens is 2. The summed E-state index contributed by atoms with van der Waals surface area (Å²) >= 11 is 1.53. The number of nitrogens with two attached hydrogens (primary N) is 1. The molecule has 5 nitrogen and oxygen atoms in total. The van der Waals surface area contributed by atoms with Crippen LogP contribution < -0.4 is 10.5 Å². The fourth-order valence-corrected chi connectivity index (χ4v) is 4.16. The first-order valence-electron chi connectivity index (χ1n) is 7.28. The second-order valence-electron chi connectivity index (χ2n) is 5.87. The van der Waals surface area contributed by atoms with Gasteiger partial charge in [-0.3, -0.25) is 4.99 Å². The van der Waals surface area contributed by atoms with Crippen molar-refractivity contribution in [2.24, 2.45) is 16.6 Å². The smallest absolute Gasteiger partial charge is 0.154 e. The molecule has 118 valence electrons. The Labute approximate surface area is 137 Å². The zero-order valence-corrected chi connectivity index (χ0v) is 13.3. The molecule has 0 amide bonds. The summed E-state index contributed by atoms with van der Waals surface area (Å²) in [6.45, 7) is 2.55. The predicted octanol–water partition coefficient (Wildman–Crippen LogP) is 2.57. The summed E-state index contributed by atoms with van der Waals surface area (Å²) in [6, 6.07) is 3.22. The van der Waals surface area contributed by atoms with E-state index in [0.717, 1.165) is 11.3 Å². The number of nitrogens with zero attached hydrogens (tertiary/aromatic N) is 3. The van der Waals surface area contributed by atoms with Crippen molar-refractivity contribution in [1.82, 2.24) is 9.97 Å². The molecule has 0 fully saturated rings. The molecule has 0 bridgehead atoms. The fraction of sp³-hybridized carbons (Fsp3) is 0.312. The molecule has 2 aliphatic heterocycles. The summed E-state index contributed by atoms with van der Waals surface area (Å²) in [5.74, 6) is 1.22. The average Bonchev–Trinajstić information content (AvgIpc) is 2.54. The molecule has 2 unspecified atom stereocenters. The number of hydrogen-bond donors (Lipinski definition) is 1. The van der Waals surface area contributed by atoms with Crippen molar-refractivity contribution in [2.75, 3.05) is 12.4 Å². The summed E-state index contributed by atoms with van der Waals surface area (Å²) in [6.07, 6.45) is 4.61. The quantitative estimate of drug-likeness (QED) is 0.870. The SMILES string of the molecule is CC12N=C(N)SCC1COc1cc(F)c(-c3cncnc3)cc12. The highest BCUT2D eigenvalue weighted by molar-refractivity contribution is 8.13. The Morgan fingerprint density at radius 3 is 2.91 bits per heavy atom. The second-order valence-corrected chi connectivity index (χ2v) is 6.91. The molecular weight excluding hydrogens is 315 g/mol. The average molecular weight is 330 g/mol. The lowest BCUT2D eigenvalue weighted by Crippen LogP contribution is -2.44. The molecule has 1 aromatic heterocycles. The van der Waals surface area contributed by atoms with Crippen molar-refractivity contribution < 1.29 is 9.13 Å². The maximum atomic E-state index is 14.5. The third-order valence-corrected chi connectivity index (χ3v) is 5.45. The van der Waals surface area contributed by atoms with E-state index >= 15 is 0 Å². The minimum Gasteiger partial charge on any atom is -0.493 e. The van der Waals surface area contributed by atoms with Crippen LogP contribution in [-0.4, -0.2) is 27.5 Å². The minimum atomic E-state index is -0.499. The van der Waals surface area contributed by atoms with Gasteiger partial charge in [-0.1, -0.05) is 11.8 Å². The molecule has 4 rings (SSSR count). The van der Waals surface area contributed by atoms with Crippen LogP contribution in [0.15, 0.2) is 35.8 Å². The number of ether oxygens (including phenoxy) is 1. The Morgan fingerprint density at radius 2 is 2.13 bits per heavy atom. The molecule has 2 aromatic rings. The van der Waals surface area contributed by atoms with Gasteiger partial charge >= 0.3 is 0 Å². The van der Waals surface area contributed by atoms with E-state index in [1.807, 2.05) is 6.92 Å². The van der Waals surface area contributed by atoms with Gasteiger partial charge in [0.1, 0.15) is 17.9 Å². The van der Waals surface area contributed by atoms with Crippen LogP contribution in [0.2, 0.25) is 0 Å². The van der Waals surface area contributed by atoms with Crippen molar-refractivity contribution >= 4 is 16.9 Å². The largest absolute Gasteiger partial charge is 0.493 e. The number of thioether (sulfide) groups is 1. The number of benzene rings is 1. The number of amidine groups is 1. The van der Waals surface area contributed by atoms with E-state index < -0.39 is 5.54 Å².